The number of hydrogen-bond donors (Lipinski definition) is 0. The molecule has 0 aromatic heterocycles. The second-order valence-corrected chi connectivity index (χ2v) is 4.77. The van der Waals surface area contributed by atoms with E-state index in [9.17, 15) is 14.4 Å². The van der Waals surface area contributed by atoms with Gasteiger partial charge in [-0.15, -0.1) is 0 Å². The Hall–Kier alpha value is -1.63. The lowest BCUT2D eigenvalue weighted by atomic mass is 9.95. The summed E-state index contributed by atoms with van der Waals surface area (Å²) in [5, 5.41) is 0. The largest absolute Gasteiger partial charge is 0.456 e. The van der Waals surface area contributed by atoms with E-state index in [0.29, 0.717) is 0 Å². The van der Waals surface area contributed by atoms with Gasteiger partial charge in [-0.05, 0) is 13.8 Å². The Morgan fingerprint density at radius 1 is 0.700 bits per heavy atom. The Kier molecular flexibility index (Phi) is 5.50. The van der Waals surface area contributed by atoms with Gasteiger partial charge >= 0.3 is 17.9 Å². The van der Waals surface area contributed by atoms with Gasteiger partial charge in [-0.3, -0.25) is 14.4 Å². The molecule has 5 atom stereocenters. The van der Waals surface area contributed by atoms with Gasteiger partial charge in [0.1, 0.15) is 0 Å². The van der Waals surface area contributed by atoms with Crippen molar-refractivity contribution in [3.63, 3.8) is 0 Å². The molecule has 1 fully saturated rings. The monoisotopic (exact) mass is 288 g/mol. The second kappa shape index (κ2) is 6.69. The van der Waals surface area contributed by atoms with Crippen molar-refractivity contribution in [1.82, 2.24) is 0 Å². The molecule has 0 saturated carbocycles. The average molecular weight is 288 g/mol. The summed E-state index contributed by atoms with van der Waals surface area (Å²) in [6.45, 7) is 7.13. The van der Waals surface area contributed by atoms with Crippen LogP contribution < -0.4 is 0 Å². The van der Waals surface area contributed by atoms with Crippen LogP contribution in [0.3, 0.4) is 0 Å². The van der Waals surface area contributed by atoms with Crippen LogP contribution in [0.2, 0.25) is 0 Å². The summed E-state index contributed by atoms with van der Waals surface area (Å²) in [4.78, 5) is 33.6. The molecule has 0 spiro atoms. The van der Waals surface area contributed by atoms with Gasteiger partial charge in [0.15, 0.2) is 18.3 Å². The highest BCUT2D eigenvalue weighted by molar-refractivity contribution is 5.68. The lowest BCUT2D eigenvalue weighted by Gasteiger charge is -2.42. The first-order valence-electron chi connectivity index (χ1n) is 6.39. The van der Waals surface area contributed by atoms with Crippen LogP contribution >= 0.6 is 0 Å². The molecule has 20 heavy (non-hydrogen) atoms. The van der Waals surface area contributed by atoms with Crippen molar-refractivity contribution in [3.8, 4) is 0 Å². The van der Waals surface area contributed by atoms with E-state index in [2.05, 4.69) is 0 Å². The number of carbonyl (C=O) groups is 3. The zero-order valence-corrected chi connectivity index (χ0v) is 12.2. The third-order valence-corrected chi connectivity index (χ3v) is 2.91. The minimum Gasteiger partial charge on any atom is -0.456 e. The zero-order valence-electron chi connectivity index (χ0n) is 12.2. The highest BCUT2D eigenvalue weighted by atomic mass is 16.6. The van der Waals surface area contributed by atoms with Gasteiger partial charge in [-0.1, -0.05) is 0 Å². The van der Waals surface area contributed by atoms with Gasteiger partial charge < -0.3 is 18.9 Å². The highest BCUT2D eigenvalue weighted by Crippen LogP contribution is 2.28. The Balaban J connectivity index is 3.01. The molecule has 4 unspecified atom stereocenters. The van der Waals surface area contributed by atoms with E-state index in [0.717, 1.165) is 0 Å². The van der Waals surface area contributed by atoms with E-state index < -0.39 is 48.4 Å². The minimum atomic E-state index is -0.890. The van der Waals surface area contributed by atoms with Crippen LogP contribution in [0.1, 0.15) is 34.6 Å². The zero-order chi connectivity index (χ0) is 15.4. The Bertz CT molecular complexity index is 364. The van der Waals surface area contributed by atoms with Gasteiger partial charge in [0.05, 0.1) is 12.2 Å². The molecule has 1 saturated heterocycles. The van der Waals surface area contributed by atoms with E-state index in [-0.39, 0.29) is 0 Å². The molecule has 7 heteroatoms. The summed E-state index contributed by atoms with van der Waals surface area (Å²) < 4.78 is 21.1. The second-order valence-electron chi connectivity index (χ2n) is 4.77. The van der Waals surface area contributed by atoms with Crippen LogP contribution in [-0.2, 0) is 33.3 Å². The Labute approximate surface area is 117 Å². The Morgan fingerprint density at radius 3 is 1.30 bits per heavy atom. The number of ether oxygens (including phenoxy) is 4. The fraction of sp³-hybridized carbons (Fsp3) is 0.769. The number of esters is 3. The third kappa shape index (κ3) is 4.19. The van der Waals surface area contributed by atoms with Crippen LogP contribution in [0.4, 0.5) is 0 Å². The van der Waals surface area contributed by atoms with Gasteiger partial charge in [0.2, 0.25) is 0 Å². The highest BCUT2D eigenvalue weighted by Gasteiger charge is 2.48. The van der Waals surface area contributed by atoms with Gasteiger partial charge in [-0.25, -0.2) is 0 Å². The maximum Gasteiger partial charge on any atom is 0.303 e. The quantitative estimate of drug-likeness (QED) is 0.554. The van der Waals surface area contributed by atoms with Crippen molar-refractivity contribution in [2.75, 3.05) is 0 Å². The third-order valence-electron chi connectivity index (χ3n) is 2.91. The lowest BCUT2D eigenvalue weighted by molar-refractivity contribution is -0.240. The summed E-state index contributed by atoms with van der Waals surface area (Å²) in [6.07, 6.45) is -3.50. The molecule has 7 nitrogen and oxygen atoms in total. The predicted molar refractivity (Wildman–Crippen MR) is 66.7 cm³/mol. The van der Waals surface area contributed by atoms with Crippen LogP contribution in [0.25, 0.3) is 0 Å². The van der Waals surface area contributed by atoms with Crippen molar-refractivity contribution in [3.05, 3.63) is 0 Å². The first kappa shape index (κ1) is 16.4. The molecule has 0 aliphatic carbocycles. The van der Waals surface area contributed by atoms with Crippen LogP contribution in [0, 0.1) is 0 Å². The van der Waals surface area contributed by atoms with E-state index in [1.54, 1.807) is 13.8 Å². The summed E-state index contributed by atoms with van der Waals surface area (Å²) in [5.74, 6) is -1.61. The fourth-order valence-corrected chi connectivity index (χ4v) is 2.25. The average Bonchev–Trinajstić information content (AvgIpc) is 2.27. The summed E-state index contributed by atoms with van der Waals surface area (Å²) in [7, 11) is 0. The SMILES string of the molecule is CC(=O)OC1C(C)OC(C)[C@H](OC(C)=O)C1OC(C)=O. The van der Waals surface area contributed by atoms with Crippen LogP contribution in [0.5, 0.6) is 0 Å². The molecule has 1 aliphatic heterocycles. The normalized spacial score (nSPS) is 33.1. The van der Waals surface area contributed by atoms with Gasteiger partial charge in [0.25, 0.3) is 0 Å². The molecule has 0 amide bonds. The molecule has 1 aliphatic rings. The van der Waals surface area contributed by atoms with Gasteiger partial charge in [0, 0.05) is 20.8 Å². The Morgan fingerprint density at radius 2 is 1.00 bits per heavy atom. The predicted octanol–water partition coefficient (Wildman–Crippen LogP) is 0.589. The smallest absolute Gasteiger partial charge is 0.303 e. The molecule has 0 radical (unpaired) electrons. The molecule has 0 bridgehead atoms. The van der Waals surface area contributed by atoms with Crippen molar-refractivity contribution < 1.29 is 33.3 Å². The molecule has 1 heterocycles. The number of carbonyl (C=O) groups excluding carboxylic acids is 3. The molecule has 1 rings (SSSR count). The number of hydrogen-bond acceptors (Lipinski definition) is 7. The van der Waals surface area contributed by atoms with Crippen molar-refractivity contribution >= 4 is 17.9 Å². The van der Waals surface area contributed by atoms with Crippen LogP contribution in [0.15, 0.2) is 0 Å². The standard InChI is InChI=1S/C13H20O7/c1-6-11(18-8(3)14)13(20-10(5)16)12(7(2)17-6)19-9(4)15/h6-7,11-13H,1-5H3/t6?,7?,11-,12?,13?/m0/s1. The van der Waals surface area contributed by atoms with Crippen LogP contribution in [-0.4, -0.2) is 48.4 Å². The van der Waals surface area contributed by atoms with Crippen molar-refractivity contribution in [1.29, 1.82) is 0 Å². The maximum atomic E-state index is 11.2. The van der Waals surface area contributed by atoms with Gasteiger partial charge in [-0.2, -0.15) is 0 Å². The first-order chi connectivity index (χ1) is 9.22. The topological polar surface area (TPSA) is 88.1 Å². The van der Waals surface area contributed by atoms with E-state index in [1.165, 1.54) is 20.8 Å². The summed E-state index contributed by atoms with van der Waals surface area (Å²) in [5.41, 5.74) is 0. The maximum absolute atomic E-state index is 11.2. The fourth-order valence-electron chi connectivity index (χ4n) is 2.25. The summed E-state index contributed by atoms with van der Waals surface area (Å²) >= 11 is 0. The molecular formula is C13H20O7. The van der Waals surface area contributed by atoms with E-state index in [1.807, 2.05) is 0 Å². The van der Waals surface area contributed by atoms with Crippen molar-refractivity contribution in [2.45, 2.75) is 65.1 Å². The first-order valence-corrected chi connectivity index (χ1v) is 6.39. The van der Waals surface area contributed by atoms with E-state index in [4.69, 9.17) is 18.9 Å². The molecule has 0 aromatic carbocycles. The molecule has 0 aromatic rings. The van der Waals surface area contributed by atoms with E-state index >= 15 is 0 Å². The molecule has 114 valence electrons. The minimum absolute atomic E-state index is 0.481. The molecular weight excluding hydrogens is 268 g/mol. The molecule has 0 N–H and O–H groups in total. The van der Waals surface area contributed by atoms with Crippen molar-refractivity contribution in [2.24, 2.45) is 0 Å². The lowest BCUT2D eigenvalue weighted by Crippen LogP contribution is -2.59. The summed E-state index contributed by atoms with van der Waals surface area (Å²) in [6, 6.07) is 0. The number of rotatable bonds is 3.